The molecule has 3 heterocycles. The molecule has 2 N–H and O–H groups in total. The van der Waals surface area contributed by atoms with E-state index in [1.807, 2.05) is 39.1 Å². The third-order valence-electron chi connectivity index (χ3n) is 5.89. The largest absolute Gasteiger partial charge is 0.482 e. The van der Waals surface area contributed by atoms with E-state index in [-0.39, 0.29) is 11.8 Å². The van der Waals surface area contributed by atoms with Crippen LogP contribution in [0.2, 0.25) is 0 Å². The standard InChI is InChI=1S/C24H29N5O4/c1-14-11-18(22(25-14)32-5)24(31)28(3)9-6-10-33-23-21(15(2)29(4)27-23)16-7-8-19-17(12-16)13-20(30)26-19/h7-8,11-12,25H,6,9-10,13H2,1-5H3,(H,26,30). The second-order valence-electron chi connectivity index (χ2n) is 8.31. The third-order valence-corrected chi connectivity index (χ3v) is 5.89. The van der Waals surface area contributed by atoms with Crippen molar-refractivity contribution in [2.75, 3.05) is 32.6 Å². The number of anilines is 1. The quantitative estimate of drug-likeness (QED) is 0.513. The van der Waals surface area contributed by atoms with Crippen molar-refractivity contribution in [3.8, 4) is 22.9 Å². The van der Waals surface area contributed by atoms with Crippen LogP contribution < -0.4 is 14.8 Å². The molecule has 0 atom stereocenters. The molecule has 174 valence electrons. The second-order valence-corrected chi connectivity index (χ2v) is 8.31. The molecule has 0 spiro atoms. The highest BCUT2D eigenvalue weighted by Crippen LogP contribution is 2.36. The fourth-order valence-electron chi connectivity index (χ4n) is 4.06. The Morgan fingerprint density at radius 3 is 2.82 bits per heavy atom. The molecular formula is C24H29N5O4. The van der Waals surface area contributed by atoms with Crippen LogP contribution in [-0.4, -0.2) is 58.8 Å². The minimum atomic E-state index is -0.105. The van der Waals surface area contributed by atoms with Crippen molar-refractivity contribution in [1.29, 1.82) is 0 Å². The van der Waals surface area contributed by atoms with Gasteiger partial charge in [0.15, 0.2) is 0 Å². The number of fused-ring (bicyclic) bond motifs is 1. The van der Waals surface area contributed by atoms with Gasteiger partial charge in [-0.05, 0) is 49.6 Å². The van der Waals surface area contributed by atoms with Crippen molar-refractivity contribution in [3.05, 3.63) is 46.8 Å². The molecule has 3 aromatic rings. The molecule has 4 rings (SSSR count). The SMILES string of the molecule is COc1[nH]c(C)cc1C(=O)N(C)CCCOc1nn(C)c(C)c1-c1ccc2c(c1)CC(=O)N2. The van der Waals surface area contributed by atoms with Crippen molar-refractivity contribution < 1.29 is 19.1 Å². The van der Waals surface area contributed by atoms with Crippen LogP contribution in [0.15, 0.2) is 24.3 Å². The summed E-state index contributed by atoms with van der Waals surface area (Å²) in [7, 11) is 5.18. The number of ether oxygens (including phenoxy) is 2. The highest BCUT2D eigenvalue weighted by molar-refractivity contribution is 6.00. The summed E-state index contributed by atoms with van der Waals surface area (Å²) >= 11 is 0. The minimum Gasteiger partial charge on any atom is -0.482 e. The van der Waals surface area contributed by atoms with Gasteiger partial charge in [0.2, 0.25) is 17.7 Å². The summed E-state index contributed by atoms with van der Waals surface area (Å²) in [5, 5.41) is 7.39. The number of nitrogens with zero attached hydrogens (tertiary/aromatic N) is 3. The Balaban J connectivity index is 1.41. The number of aryl methyl sites for hydroxylation is 2. The summed E-state index contributed by atoms with van der Waals surface area (Å²) in [4.78, 5) is 29.1. The molecule has 0 bridgehead atoms. The van der Waals surface area contributed by atoms with Crippen LogP contribution in [0, 0.1) is 13.8 Å². The molecule has 0 saturated carbocycles. The fourth-order valence-corrected chi connectivity index (χ4v) is 4.06. The normalized spacial score (nSPS) is 12.5. The number of amides is 2. The second kappa shape index (κ2) is 9.01. The van der Waals surface area contributed by atoms with Gasteiger partial charge in [-0.25, -0.2) is 0 Å². The number of hydrogen-bond donors (Lipinski definition) is 2. The van der Waals surface area contributed by atoms with Crippen molar-refractivity contribution in [1.82, 2.24) is 19.7 Å². The molecule has 33 heavy (non-hydrogen) atoms. The maximum absolute atomic E-state index is 12.7. The van der Waals surface area contributed by atoms with Crippen molar-refractivity contribution in [2.45, 2.75) is 26.7 Å². The van der Waals surface area contributed by atoms with Gasteiger partial charge in [0.05, 0.1) is 25.7 Å². The fraction of sp³-hybridized carbons (Fsp3) is 0.375. The highest BCUT2D eigenvalue weighted by Gasteiger charge is 2.22. The third kappa shape index (κ3) is 4.44. The van der Waals surface area contributed by atoms with E-state index >= 15 is 0 Å². The van der Waals surface area contributed by atoms with E-state index in [1.165, 1.54) is 7.11 Å². The molecule has 0 radical (unpaired) electrons. The lowest BCUT2D eigenvalue weighted by Crippen LogP contribution is -2.28. The number of H-pyrrole nitrogens is 1. The predicted molar refractivity (Wildman–Crippen MR) is 125 cm³/mol. The number of aromatic amines is 1. The summed E-state index contributed by atoms with van der Waals surface area (Å²) in [6, 6.07) is 7.70. The topological polar surface area (TPSA) is 101 Å². The van der Waals surface area contributed by atoms with E-state index in [0.717, 1.165) is 33.8 Å². The van der Waals surface area contributed by atoms with Crippen LogP contribution in [0.3, 0.4) is 0 Å². The highest BCUT2D eigenvalue weighted by atomic mass is 16.5. The first-order valence-electron chi connectivity index (χ1n) is 10.9. The Morgan fingerprint density at radius 1 is 1.27 bits per heavy atom. The van der Waals surface area contributed by atoms with E-state index in [4.69, 9.17) is 9.47 Å². The average Bonchev–Trinajstić information content (AvgIpc) is 3.43. The first kappa shape index (κ1) is 22.4. The Morgan fingerprint density at radius 2 is 2.06 bits per heavy atom. The Hall–Kier alpha value is -3.75. The van der Waals surface area contributed by atoms with Crippen LogP contribution in [0.5, 0.6) is 11.8 Å². The van der Waals surface area contributed by atoms with Crippen LogP contribution in [0.4, 0.5) is 5.69 Å². The number of methoxy groups -OCH3 is 1. The van der Waals surface area contributed by atoms with Gasteiger partial charge in [-0.1, -0.05) is 6.07 Å². The Labute approximate surface area is 192 Å². The van der Waals surface area contributed by atoms with Gasteiger partial charge in [-0.15, -0.1) is 5.10 Å². The minimum absolute atomic E-state index is 0.00705. The molecule has 1 aliphatic rings. The van der Waals surface area contributed by atoms with Crippen molar-refractivity contribution >= 4 is 17.5 Å². The number of rotatable bonds is 8. The van der Waals surface area contributed by atoms with E-state index in [9.17, 15) is 9.59 Å². The maximum Gasteiger partial charge on any atom is 0.259 e. The summed E-state index contributed by atoms with van der Waals surface area (Å²) in [6.45, 7) is 4.81. The lowest BCUT2D eigenvalue weighted by atomic mass is 10.0. The lowest BCUT2D eigenvalue weighted by molar-refractivity contribution is -0.115. The number of aromatic nitrogens is 3. The summed E-state index contributed by atoms with van der Waals surface area (Å²) in [5.41, 5.74) is 6.08. The van der Waals surface area contributed by atoms with Gasteiger partial charge in [-0.3, -0.25) is 14.3 Å². The Kier molecular flexibility index (Phi) is 6.13. The Bertz CT molecular complexity index is 1210. The lowest BCUT2D eigenvalue weighted by Gasteiger charge is -2.17. The molecule has 0 unspecified atom stereocenters. The molecule has 0 fully saturated rings. The van der Waals surface area contributed by atoms with Gasteiger partial charge >= 0.3 is 0 Å². The van der Waals surface area contributed by atoms with Crippen LogP contribution in [-0.2, 0) is 18.3 Å². The van der Waals surface area contributed by atoms with Gasteiger partial charge < -0.3 is 24.7 Å². The van der Waals surface area contributed by atoms with Crippen molar-refractivity contribution in [2.24, 2.45) is 7.05 Å². The predicted octanol–water partition coefficient (Wildman–Crippen LogP) is 3.08. The summed E-state index contributed by atoms with van der Waals surface area (Å²) in [5.74, 6) is 0.920. The molecule has 9 heteroatoms. The van der Waals surface area contributed by atoms with E-state index < -0.39 is 0 Å². The monoisotopic (exact) mass is 451 g/mol. The van der Waals surface area contributed by atoms with E-state index in [1.54, 1.807) is 22.7 Å². The van der Waals surface area contributed by atoms with Crippen LogP contribution in [0.1, 0.15) is 33.7 Å². The first-order chi connectivity index (χ1) is 15.8. The van der Waals surface area contributed by atoms with Crippen LogP contribution >= 0.6 is 0 Å². The van der Waals surface area contributed by atoms with Gasteiger partial charge in [0.1, 0.15) is 5.56 Å². The maximum atomic E-state index is 12.7. The molecule has 0 aliphatic carbocycles. The number of benzene rings is 1. The van der Waals surface area contributed by atoms with Gasteiger partial charge in [-0.2, -0.15) is 0 Å². The number of hydrogen-bond acceptors (Lipinski definition) is 5. The zero-order valence-electron chi connectivity index (χ0n) is 19.6. The molecule has 0 saturated heterocycles. The van der Waals surface area contributed by atoms with Gasteiger partial charge in [0, 0.05) is 37.7 Å². The number of carbonyl (C=O) groups excluding carboxylic acids is 2. The average molecular weight is 452 g/mol. The zero-order valence-corrected chi connectivity index (χ0v) is 19.6. The summed E-state index contributed by atoms with van der Waals surface area (Å²) < 4.78 is 13.1. The number of carbonyl (C=O) groups is 2. The molecule has 2 amide bonds. The van der Waals surface area contributed by atoms with E-state index in [2.05, 4.69) is 15.4 Å². The summed E-state index contributed by atoms with van der Waals surface area (Å²) in [6.07, 6.45) is 1.02. The number of nitrogens with one attached hydrogen (secondary N) is 2. The zero-order chi connectivity index (χ0) is 23.7. The smallest absolute Gasteiger partial charge is 0.259 e. The van der Waals surface area contributed by atoms with E-state index in [0.29, 0.717) is 43.3 Å². The van der Waals surface area contributed by atoms with Crippen LogP contribution in [0.25, 0.3) is 11.1 Å². The first-order valence-corrected chi connectivity index (χ1v) is 10.9. The molecule has 2 aromatic heterocycles. The van der Waals surface area contributed by atoms with Gasteiger partial charge in [0.25, 0.3) is 5.91 Å². The molecule has 9 nitrogen and oxygen atoms in total. The molecule has 1 aliphatic heterocycles. The molecular weight excluding hydrogens is 422 g/mol. The molecule has 1 aromatic carbocycles. The van der Waals surface area contributed by atoms with Crippen molar-refractivity contribution in [3.63, 3.8) is 0 Å².